The summed E-state index contributed by atoms with van der Waals surface area (Å²) in [7, 11) is -1.41. The van der Waals surface area contributed by atoms with E-state index in [0.29, 0.717) is 23.6 Å². The molecule has 114 valence electrons. The lowest BCUT2D eigenvalue weighted by Crippen LogP contribution is -2.36. The zero-order valence-corrected chi connectivity index (χ0v) is 13.3. The van der Waals surface area contributed by atoms with Crippen molar-refractivity contribution in [3.05, 3.63) is 29.3 Å². The summed E-state index contributed by atoms with van der Waals surface area (Å²) in [5.41, 5.74) is 1.18. The summed E-state index contributed by atoms with van der Waals surface area (Å²) in [6.45, 7) is 4.26. The Kier molecular flexibility index (Phi) is 4.99. The average molecular weight is 307 g/mol. The highest BCUT2D eigenvalue weighted by molar-refractivity contribution is 7.89. The zero-order valence-electron chi connectivity index (χ0n) is 12.5. The molecule has 0 radical (unpaired) electrons. The lowest BCUT2D eigenvalue weighted by atomic mass is 9.98. The predicted molar refractivity (Wildman–Crippen MR) is 81.3 cm³/mol. The molecule has 2 rings (SSSR count). The highest BCUT2D eigenvalue weighted by atomic mass is 32.2. The first-order valence-electron chi connectivity index (χ1n) is 7.11. The van der Waals surface area contributed by atoms with Gasteiger partial charge in [-0.05, 0) is 69.6 Å². The molecule has 0 amide bonds. The lowest BCUT2D eigenvalue weighted by Gasteiger charge is -2.28. The highest BCUT2D eigenvalue weighted by Crippen LogP contribution is 2.18. The summed E-state index contributed by atoms with van der Waals surface area (Å²) in [6, 6.07) is 6.64. The summed E-state index contributed by atoms with van der Waals surface area (Å²) in [5, 5.41) is 8.89. The number of hydrogen-bond acceptors (Lipinski definition) is 4. The second kappa shape index (κ2) is 6.56. The Morgan fingerprint density at radius 2 is 2.05 bits per heavy atom. The van der Waals surface area contributed by atoms with Crippen molar-refractivity contribution >= 4 is 10.0 Å². The van der Waals surface area contributed by atoms with E-state index in [2.05, 4.69) is 16.7 Å². The number of piperidine rings is 1. The molecule has 0 aromatic heterocycles. The maximum Gasteiger partial charge on any atom is 0.240 e. The summed E-state index contributed by atoms with van der Waals surface area (Å²) in [4.78, 5) is 2.49. The summed E-state index contributed by atoms with van der Waals surface area (Å²) in [5.74, 6) is 0.399. The molecule has 6 heteroatoms. The van der Waals surface area contributed by atoms with E-state index in [4.69, 9.17) is 5.26 Å². The summed E-state index contributed by atoms with van der Waals surface area (Å²) >= 11 is 0. The fourth-order valence-electron chi connectivity index (χ4n) is 2.51. The monoisotopic (exact) mass is 307 g/mol. The van der Waals surface area contributed by atoms with Crippen molar-refractivity contribution in [2.45, 2.75) is 24.7 Å². The number of nitrogens with zero attached hydrogens (tertiary/aromatic N) is 2. The minimum atomic E-state index is -3.49. The van der Waals surface area contributed by atoms with E-state index in [1.165, 1.54) is 6.07 Å². The van der Waals surface area contributed by atoms with Gasteiger partial charge in [0.2, 0.25) is 10.0 Å². The van der Waals surface area contributed by atoms with Crippen molar-refractivity contribution in [1.29, 1.82) is 5.26 Å². The molecule has 0 saturated carbocycles. The number of aryl methyl sites for hydroxylation is 1. The Labute approximate surface area is 126 Å². The van der Waals surface area contributed by atoms with Gasteiger partial charge in [-0.3, -0.25) is 0 Å². The minimum Gasteiger partial charge on any atom is -0.306 e. The maximum atomic E-state index is 12.3. The molecule has 1 aliphatic heterocycles. The van der Waals surface area contributed by atoms with Gasteiger partial charge in [-0.25, -0.2) is 13.1 Å². The third-order valence-corrected chi connectivity index (χ3v) is 5.45. The molecular weight excluding hydrogens is 286 g/mol. The third kappa shape index (κ3) is 4.03. The van der Waals surface area contributed by atoms with E-state index in [0.717, 1.165) is 25.9 Å². The van der Waals surface area contributed by atoms with Crippen LogP contribution in [0.3, 0.4) is 0 Å². The fourth-order valence-corrected chi connectivity index (χ4v) is 3.71. The van der Waals surface area contributed by atoms with E-state index >= 15 is 0 Å². The number of rotatable bonds is 4. The molecule has 21 heavy (non-hydrogen) atoms. The molecular formula is C15H21N3O2S. The van der Waals surface area contributed by atoms with Crippen LogP contribution >= 0.6 is 0 Å². The van der Waals surface area contributed by atoms with Gasteiger partial charge in [0.1, 0.15) is 0 Å². The second-order valence-corrected chi connectivity index (χ2v) is 7.45. The quantitative estimate of drug-likeness (QED) is 0.914. The predicted octanol–water partition coefficient (Wildman–Crippen LogP) is 1.49. The molecule has 1 N–H and O–H groups in total. The largest absolute Gasteiger partial charge is 0.306 e. The molecule has 0 atom stereocenters. The third-order valence-electron chi connectivity index (χ3n) is 4.03. The highest BCUT2D eigenvalue weighted by Gasteiger charge is 2.20. The van der Waals surface area contributed by atoms with Gasteiger partial charge in [0.25, 0.3) is 0 Å². The van der Waals surface area contributed by atoms with E-state index in [9.17, 15) is 8.42 Å². The smallest absolute Gasteiger partial charge is 0.240 e. The first-order chi connectivity index (χ1) is 9.92. The van der Waals surface area contributed by atoms with Gasteiger partial charge < -0.3 is 4.90 Å². The van der Waals surface area contributed by atoms with Crippen LogP contribution in [0.25, 0.3) is 0 Å². The van der Waals surface area contributed by atoms with Crippen LogP contribution in [0.4, 0.5) is 0 Å². The van der Waals surface area contributed by atoms with Crippen LogP contribution in [0.15, 0.2) is 23.1 Å². The zero-order chi connectivity index (χ0) is 15.5. The molecule has 1 fully saturated rings. The maximum absolute atomic E-state index is 12.3. The standard InChI is InChI=1S/C15H21N3O2S/c1-12-9-15(4-3-14(12)10-16)21(19,20)17-11-13-5-7-18(2)8-6-13/h3-4,9,13,17H,5-8,11H2,1-2H3. The van der Waals surface area contributed by atoms with Gasteiger partial charge in [-0.1, -0.05) is 0 Å². The Balaban J connectivity index is 2.02. The van der Waals surface area contributed by atoms with Crippen LogP contribution < -0.4 is 4.72 Å². The molecule has 5 nitrogen and oxygen atoms in total. The SMILES string of the molecule is Cc1cc(S(=O)(=O)NCC2CCN(C)CC2)ccc1C#N. The van der Waals surface area contributed by atoms with Crippen LogP contribution in [-0.4, -0.2) is 40.0 Å². The molecule has 1 heterocycles. The van der Waals surface area contributed by atoms with Crippen molar-refractivity contribution in [1.82, 2.24) is 9.62 Å². The van der Waals surface area contributed by atoms with Crippen molar-refractivity contribution in [2.24, 2.45) is 5.92 Å². The normalized spacial score (nSPS) is 17.6. The van der Waals surface area contributed by atoms with Crippen LogP contribution in [0.1, 0.15) is 24.0 Å². The van der Waals surface area contributed by atoms with E-state index < -0.39 is 10.0 Å². The number of benzene rings is 1. The Hall–Kier alpha value is -1.42. The molecule has 1 saturated heterocycles. The van der Waals surface area contributed by atoms with Crippen LogP contribution in [0, 0.1) is 24.2 Å². The lowest BCUT2D eigenvalue weighted by molar-refractivity contribution is 0.220. The molecule has 1 aliphatic rings. The summed E-state index contributed by atoms with van der Waals surface area (Å²) in [6.07, 6.45) is 2.04. The van der Waals surface area contributed by atoms with Crippen molar-refractivity contribution < 1.29 is 8.42 Å². The Morgan fingerprint density at radius 1 is 1.38 bits per heavy atom. The van der Waals surface area contributed by atoms with Crippen LogP contribution in [-0.2, 0) is 10.0 Å². The first-order valence-corrected chi connectivity index (χ1v) is 8.59. The van der Waals surface area contributed by atoms with E-state index in [-0.39, 0.29) is 4.90 Å². The van der Waals surface area contributed by atoms with E-state index in [1.54, 1.807) is 19.1 Å². The second-order valence-electron chi connectivity index (χ2n) is 5.69. The first kappa shape index (κ1) is 16.0. The van der Waals surface area contributed by atoms with Crippen molar-refractivity contribution in [3.63, 3.8) is 0 Å². The molecule has 1 aromatic rings. The van der Waals surface area contributed by atoms with Gasteiger partial charge in [0.15, 0.2) is 0 Å². The molecule has 0 bridgehead atoms. The van der Waals surface area contributed by atoms with Gasteiger partial charge in [-0.2, -0.15) is 5.26 Å². The number of hydrogen-bond donors (Lipinski definition) is 1. The Bertz CT molecular complexity index is 641. The van der Waals surface area contributed by atoms with Crippen molar-refractivity contribution in [3.8, 4) is 6.07 Å². The average Bonchev–Trinajstić information content (AvgIpc) is 2.46. The number of nitrogens with one attached hydrogen (secondary N) is 1. The van der Waals surface area contributed by atoms with Crippen molar-refractivity contribution in [2.75, 3.05) is 26.7 Å². The minimum absolute atomic E-state index is 0.229. The molecule has 0 aliphatic carbocycles. The molecule has 0 unspecified atom stereocenters. The van der Waals surface area contributed by atoms with Crippen LogP contribution in [0.2, 0.25) is 0 Å². The number of likely N-dealkylation sites (tertiary alicyclic amines) is 1. The summed E-state index contributed by atoms with van der Waals surface area (Å²) < 4.78 is 27.3. The Morgan fingerprint density at radius 3 is 2.62 bits per heavy atom. The van der Waals surface area contributed by atoms with E-state index in [1.807, 2.05) is 6.07 Å². The van der Waals surface area contributed by atoms with Gasteiger partial charge in [-0.15, -0.1) is 0 Å². The van der Waals surface area contributed by atoms with Gasteiger partial charge in [0.05, 0.1) is 16.5 Å². The number of sulfonamides is 1. The molecule has 0 spiro atoms. The molecule has 1 aromatic carbocycles. The van der Waals surface area contributed by atoms with Crippen LogP contribution in [0.5, 0.6) is 0 Å². The number of nitriles is 1. The topological polar surface area (TPSA) is 73.2 Å². The van der Waals surface area contributed by atoms with Gasteiger partial charge >= 0.3 is 0 Å². The fraction of sp³-hybridized carbons (Fsp3) is 0.533. The van der Waals surface area contributed by atoms with Gasteiger partial charge in [0, 0.05) is 6.54 Å².